The van der Waals surface area contributed by atoms with Crippen molar-refractivity contribution in [3.63, 3.8) is 0 Å². The number of unbranched alkanes of at least 4 members (excludes halogenated alkanes) is 2. The molecule has 0 fully saturated rings. The lowest BCUT2D eigenvalue weighted by Crippen LogP contribution is -2.30. The minimum Gasteiger partial charge on any atom is -0.500 e. The van der Waals surface area contributed by atoms with E-state index in [1.54, 1.807) is 6.92 Å². The topological polar surface area (TPSA) is 110 Å². The lowest BCUT2D eigenvalue weighted by atomic mass is 10.2. The lowest BCUT2D eigenvalue weighted by molar-refractivity contribution is -0.144. The highest BCUT2D eigenvalue weighted by Crippen LogP contribution is 2.07. The van der Waals surface area contributed by atoms with E-state index in [-0.39, 0.29) is 25.0 Å². The zero-order valence-corrected chi connectivity index (χ0v) is 12.8. The number of esters is 1. The number of carbonyl (C=O) groups is 4. The smallest absolute Gasteiger partial charge is 0.348 e. The number of nitrogens with zero attached hydrogens (tertiary/aromatic N) is 1. The first-order valence-electron chi connectivity index (χ1n) is 7.23. The summed E-state index contributed by atoms with van der Waals surface area (Å²) in [6.45, 7) is 2.26. The standard InChI is InChI=1S/C15H19NO7/c1-2-22-10-11(14(19)20)15(21)23-9-5-3-4-8-16-12(17)6-7-13(16)18/h6-7,10H,2-5,8-9H2,1H3,(H,19,20). The van der Waals surface area contributed by atoms with E-state index in [0.29, 0.717) is 25.8 Å². The van der Waals surface area contributed by atoms with Crippen molar-refractivity contribution in [2.75, 3.05) is 19.8 Å². The largest absolute Gasteiger partial charge is 0.500 e. The summed E-state index contributed by atoms with van der Waals surface area (Å²) in [6.07, 6.45) is 5.02. The van der Waals surface area contributed by atoms with Gasteiger partial charge in [0.25, 0.3) is 11.8 Å². The first-order valence-corrected chi connectivity index (χ1v) is 7.23. The predicted octanol–water partition coefficient (Wildman–Crippen LogP) is 0.630. The molecule has 8 heteroatoms. The number of rotatable bonds is 10. The highest BCUT2D eigenvalue weighted by atomic mass is 16.5. The quantitative estimate of drug-likeness (QED) is 0.119. The van der Waals surface area contributed by atoms with Gasteiger partial charge in [-0.1, -0.05) is 0 Å². The minimum atomic E-state index is -1.41. The van der Waals surface area contributed by atoms with Crippen LogP contribution < -0.4 is 0 Å². The first-order chi connectivity index (χ1) is 11.0. The van der Waals surface area contributed by atoms with E-state index in [1.165, 1.54) is 12.2 Å². The SMILES string of the molecule is CCOC=C(C(=O)O)C(=O)OCCCCCN1C(=O)C=CC1=O. The normalized spacial score (nSPS) is 14.3. The Hall–Kier alpha value is -2.64. The van der Waals surface area contributed by atoms with Gasteiger partial charge >= 0.3 is 11.9 Å². The van der Waals surface area contributed by atoms with E-state index in [9.17, 15) is 19.2 Å². The highest BCUT2D eigenvalue weighted by molar-refractivity contribution is 6.13. The molecule has 0 bridgehead atoms. The minimum absolute atomic E-state index is 0.0513. The molecule has 0 aromatic rings. The molecule has 0 aliphatic carbocycles. The summed E-state index contributed by atoms with van der Waals surface area (Å²) in [5, 5.41) is 8.86. The second-order valence-electron chi connectivity index (χ2n) is 4.65. The summed E-state index contributed by atoms with van der Waals surface area (Å²) in [4.78, 5) is 46.2. The Morgan fingerprint density at radius 3 is 2.39 bits per heavy atom. The van der Waals surface area contributed by atoms with Gasteiger partial charge in [-0.2, -0.15) is 0 Å². The molecule has 1 heterocycles. The van der Waals surface area contributed by atoms with Crippen molar-refractivity contribution in [3.8, 4) is 0 Å². The van der Waals surface area contributed by atoms with Crippen molar-refractivity contribution in [1.29, 1.82) is 0 Å². The molecule has 1 N–H and O–H groups in total. The van der Waals surface area contributed by atoms with Gasteiger partial charge in [0.05, 0.1) is 13.2 Å². The van der Waals surface area contributed by atoms with Crippen molar-refractivity contribution in [2.24, 2.45) is 0 Å². The van der Waals surface area contributed by atoms with Crippen LogP contribution in [0.4, 0.5) is 0 Å². The molecule has 1 aliphatic rings. The molecule has 1 rings (SSSR count). The Morgan fingerprint density at radius 2 is 1.83 bits per heavy atom. The molecule has 2 amide bonds. The van der Waals surface area contributed by atoms with Gasteiger partial charge in [0.1, 0.15) is 6.26 Å². The van der Waals surface area contributed by atoms with Crippen molar-refractivity contribution in [1.82, 2.24) is 4.90 Å². The van der Waals surface area contributed by atoms with Crippen molar-refractivity contribution in [2.45, 2.75) is 26.2 Å². The summed E-state index contributed by atoms with van der Waals surface area (Å²) in [7, 11) is 0. The second kappa shape index (κ2) is 9.39. The molecule has 0 saturated heterocycles. The van der Waals surface area contributed by atoms with Crippen LogP contribution >= 0.6 is 0 Å². The van der Waals surface area contributed by atoms with Crippen LogP contribution in [0.15, 0.2) is 24.0 Å². The Morgan fingerprint density at radius 1 is 1.17 bits per heavy atom. The van der Waals surface area contributed by atoms with Gasteiger partial charge in [0, 0.05) is 18.7 Å². The Balaban J connectivity index is 2.21. The number of carboxylic acid groups (broad SMARTS) is 1. The molecule has 0 unspecified atom stereocenters. The zero-order valence-electron chi connectivity index (χ0n) is 12.8. The van der Waals surface area contributed by atoms with Crippen LogP contribution in [0, 0.1) is 0 Å². The van der Waals surface area contributed by atoms with E-state index in [0.717, 1.165) is 11.2 Å². The maximum Gasteiger partial charge on any atom is 0.348 e. The van der Waals surface area contributed by atoms with E-state index < -0.39 is 17.5 Å². The molecule has 0 atom stereocenters. The van der Waals surface area contributed by atoms with Crippen LogP contribution in [-0.4, -0.2) is 53.5 Å². The van der Waals surface area contributed by atoms with Gasteiger partial charge in [-0.25, -0.2) is 9.59 Å². The summed E-state index contributed by atoms with van der Waals surface area (Å²) < 4.78 is 9.63. The van der Waals surface area contributed by atoms with Crippen LogP contribution in [0.5, 0.6) is 0 Å². The summed E-state index contributed by atoms with van der Waals surface area (Å²) in [6, 6.07) is 0. The molecule has 0 aromatic heterocycles. The maximum atomic E-state index is 11.6. The lowest BCUT2D eigenvalue weighted by Gasteiger charge is -2.13. The monoisotopic (exact) mass is 325 g/mol. The van der Waals surface area contributed by atoms with Gasteiger partial charge in [0.15, 0.2) is 5.57 Å². The van der Waals surface area contributed by atoms with Crippen LogP contribution in [0.2, 0.25) is 0 Å². The summed E-state index contributed by atoms with van der Waals surface area (Å²) in [5.74, 6) is -3.02. The zero-order chi connectivity index (χ0) is 17.2. The van der Waals surface area contributed by atoms with Gasteiger partial charge in [-0.15, -0.1) is 0 Å². The summed E-state index contributed by atoms with van der Waals surface area (Å²) in [5.41, 5.74) is -0.564. The molecule has 1 aliphatic heterocycles. The van der Waals surface area contributed by atoms with E-state index in [1.807, 2.05) is 0 Å². The van der Waals surface area contributed by atoms with Gasteiger partial charge in [-0.3, -0.25) is 14.5 Å². The molecule has 8 nitrogen and oxygen atoms in total. The Bertz CT molecular complexity index is 518. The van der Waals surface area contributed by atoms with Gasteiger partial charge < -0.3 is 14.6 Å². The van der Waals surface area contributed by atoms with Crippen LogP contribution in [0.1, 0.15) is 26.2 Å². The average molecular weight is 325 g/mol. The number of hydrogen-bond acceptors (Lipinski definition) is 6. The maximum absolute atomic E-state index is 11.6. The van der Waals surface area contributed by atoms with Crippen molar-refractivity contribution >= 4 is 23.8 Å². The van der Waals surface area contributed by atoms with Gasteiger partial charge in [-0.05, 0) is 26.2 Å². The fourth-order valence-electron chi connectivity index (χ4n) is 1.80. The number of ether oxygens (including phenoxy) is 2. The molecule has 0 spiro atoms. The van der Waals surface area contributed by atoms with Crippen LogP contribution in [-0.2, 0) is 28.7 Å². The molecule has 126 valence electrons. The van der Waals surface area contributed by atoms with E-state index >= 15 is 0 Å². The molecule has 0 aromatic carbocycles. The van der Waals surface area contributed by atoms with Crippen LogP contribution in [0.25, 0.3) is 0 Å². The van der Waals surface area contributed by atoms with E-state index in [2.05, 4.69) is 0 Å². The number of imide groups is 1. The number of hydrogen-bond donors (Lipinski definition) is 1. The fourth-order valence-corrected chi connectivity index (χ4v) is 1.80. The third-order valence-electron chi connectivity index (χ3n) is 2.98. The molecular weight excluding hydrogens is 306 g/mol. The average Bonchev–Trinajstić information content (AvgIpc) is 2.82. The highest BCUT2D eigenvalue weighted by Gasteiger charge is 2.22. The third-order valence-corrected chi connectivity index (χ3v) is 2.98. The van der Waals surface area contributed by atoms with Gasteiger partial charge in [0.2, 0.25) is 0 Å². The third kappa shape index (κ3) is 5.93. The van der Waals surface area contributed by atoms with Crippen molar-refractivity contribution < 1.29 is 33.8 Å². The van der Waals surface area contributed by atoms with Crippen LogP contribution in [0.3, 0.4) is 0 Å². The fraction of sp³-hybridized carbons (Fsp3) is 0.467. The van der Waals surface area contributed by atoms with Crippen molar-refractivity contribution in [3.05, 3.63) is 24.0 Å². The number of aliphatic carboxylic acids is 1. The summed E-state index contributed by atoms with van der Waals surface area (Å²) >= 11 is 0. The predicted molar refractivity (Wildman–Crippen MR) is 78.0 cm³/mol. The number of carboxylic acids is 1. The molecule has 0 radical (unpaired) electrons. The number of amides is 2. The number of carbonyl (C=O) groups excluding carboxylic acids is 3. The Kier molecular flexibility index (Phi) is 7.52. The van der Waals surface area contributed by atoms with E-state index in [4.69, 9.17) is 14.6 Å². The molecule has 0 saturated carbocycles. The molecule has 23 heavy (non-hydrogen) atoms. The molecular formula is C15H19NO7. The second-order valence-corrected chi connectivity index (χ2v) is 4.65. The Labute approximate surface area is 133 Å². The first kappa shape index (κ1) is 18.4.